The maximum atomic E-state index is 13.3. The molecule has 0 aliphatic heterocycles. The number of nitrogens with zero attached hydrogens (tertiary/aromatic N) is 4. The van der Waals surface area contributed by atoms with Crippen LogP contribution < -0.4 is 14.4 Å². The highest BCUT2D eigenvalue weighted by molar-refractivity contribution is 7.22. The van der Waals surface area contributed by atoms with E-state index >= 15 is 0 Å². The van der Waals surface area contributed by atoms with E-state index in [0.717, 1.165) is 35.2 Å². The van der Waals surface area contributed by atoms with Crippen LogP contribution in [-0.2, 0) is 17.8 Å². The van der Waals surface area contributed by atoms with Crippen molar-refractivity contribution in [2.45, 2.75) is 26.3 Å². The van der Waals surface area contributed by atoms with Crippen LogP contribution in [0.25, 0.3) is 16.3 Å². The predicted octanol–water partition coefficient (Wildman–Crippen LogP) is 5.63. The summed E-state index contributed by atoms with van der Waals surface area (Å²) in [5.74, 6) is 1.15. The van der Waals surface area contributed by atoms with E-state index in [4.69, 9.17) is 14.5 Å². The normalized spacial score (nSPS) is 10.9. The standard InChI is InChI=1S/C26H28N4O3S.ClH/c1-4-19-6-9-21-24(17-19)34-26(28-21)30(14-5-13-29-15-12-27-18-29)25(31)11-8-20-7-10-22(32-2)23(16-20)33-3;/h6-12,15-18H,4-5,13-14H2,1-3H3;1H/b11-8+;. The number of fused-ring (bicyclic) bond motifs is 1. The third-order valence-electron chi connectivity index (χ3n) is 5.53. The van der Waals surface area contributed by atoms with Crippen LogP contribution in [0.15, 0.2) is 61.2 Å². The van der Waals surface area contributed by atoms with E-state index in [0.29, 0.717) is 23.2 Å². The average Bonchev–Trinajstić information content (AvgIpc) is 3.54. The van der Waals surface area contributed by atoms with Crippen LogP contribution in [0.1, 0.15) is 24.5 Å². The van der Waals surface area contributed by atoms with Crippen molar-refractivity contribution in [2.24, 2.45) is 0 Å². The summed E-state index contributed by atoms with van der Waals surface area (Å²) < 4.78 is 13.8. The lowest BCUT2D eigenvalue weighted by atomic mass is 10.2. The number of hydrogen-bond donors (Lipinski definition) is 0. The Morgan fingerprint density at radius 2 is 1.97 bits per heavy atom. The van der Waals surface area contributed by atoms with Gasteiger partial charge in [0.05, 0.1) is 30.8 Å². The first-order valence-electron chi connectivity index (χ1n) is 11.2. The first-order chi connectivity index (χ1) is 16.6. The molecule has 2 heterocycles. The zero-order chi connectivity index (χ0) is 23.9. The molecular weight excluding hydrogens is 484 g/mol. The molecule has 0 saturated carbocycles. The number of rotatable bonds is 10. The molecule has 35 heavy (non-hydrogen) atoms. The third kappa shape index (κ3) is 6.41. The topological polar surface area (TPSA) is 69.5 Å². The summed E-state index contributed by atoms with van der Waals surface area (Å²) in [5, 5.41) is 0.704. The van der Waals surface area contributed by atoms with E-state index in [-0.39, 0.29) is 18.3 Å². The van der Waals surface area contributed by atoms with Gasteiger partial charge in [0, 0.05) is 31.6 Å². The highest BCUT2D eigenvalue weighted by Gasteiger charge is 2.18. The molecule has 0 fully saturated rings. The Hall–Kier alpha value is -3.36. The Bertz CT molecular complexity index is 1290. The molecule has 2 aromatic heterocycles. The summed E-state index contributed by atoms with van der Waals surface area (Å²) >= 11 is 1.55. The molecule has 9 heteroatoms. The maximum absolute atomic E-state index is 13.3. The number of hydrogen-bond acceptors (Lipinski definition) is 6. The van der Waals surface area contributed by atoms with Crippen LogP contribution in [-0.4, -0.2) is 41.2 Å². The maximum Gasteiger partial charge on any atom is 0.252 e. The van der Waals surface area contributed by atoms with Crippen LogP contribution >= 0.6 is 23.7 Å². The van der Waals surface area contributed by atoms with Crippen LogP contribution in [0.2, 0.25) is 0 Å². The number of aromatic nitrogens is 3. The lowest BCUT2D eigenvalue weighted by Crippen LogP contribution is -2.30. The van der Waals surface area contributed by atoms with Gasteiger partial charge in [-0.25, -0.2) is 9.97 Å². The molecule has 1 amide bonds. The SMILES string of the molecule is CCc1ccc2nc(N(CCCn3ccnc3)C(=O)/C=C/c3ccc(OC)c(OC)c3)sc2c1.Cl. The van der Waals surface area contributed by atoms with Gasteiger partial charge in [-0.05, 0) is 54.3 Å². The number of amides is 1. The Morgan fingerprint density at radius 1 is 1.14 bits per heavy atom. The minimum atomic E-state index is -0.116. The van der Waals surface area contributed by atoms with Gasteiger partial charge in [-0.3, -0.25) is 9.69 Å². The molecule has 0 radical (unpaired) electrons. The summed E-state index contributed by atoms with van der Waals surface area (Å²) in [6.45, 7) is 3.45. The van der Waals surface area contributed by atoms with Crippen LogP contribution in [0.5, 0.6) is 11.5 Å². The molecule has 0 unspecified atom stereocenters. The van der Waals surface area contributed by atoms with Gasteiger partial charge in [0.25, 0.3) is 5.91 Å². The number of carbonyl (C=O) groups excluding carboxylic acids is 1. The first-order valence-corrected chi connectivity index (χ1v) is 12.0. The van der Waals surface area contributed by atoms with Gasteiger partial charge in [0.15, 0.2) is 16.6 Å². The van der Waals surface area contributed by atoms with Crippen molar-refractivity contribution in [3.05, 3.63) is 72.3 Å². The molecule has 184 valence electrons. The zero-order valence-electron chi connectivity index (χ0n) is 20.0. The van der Waals surface area contributed by atoms with E-state index in [1.54, 1.807) is 55.1 Å². The molecule has 0 atom stereocenters. The summed E-state index contributed by atoms with van der Waals surface area (Å²) in [4.78, 5) is 23.9. The lowest BCUT2D eigenvalue weighted by Gasteiger charge is -2.18. The van der Waals surface area contributed by atoms with E-state index in [2.05, 4.69) is 24.0 Å². The van der Waals surface area contributed by atoms with Crippen molar-refractivity contribution in [2.75, 3.05) is 25.7 Å². The quantitative estimate of drug-likeness (QED) is 0.257. The zero-order valence-corrected chi connectivity index (χ0v) is 21.6. The third-order valence-corrected chi connectivity index (χ3v) is 6.57. The van der Waals surface area contributed by atoms with Crippen molar-refractivity contribution >= 4 is 51.1 Å². The first kappa shape index (κ1) is 26.2. The van der Waals surface area contributed by atoms with Crippen molar-refractivity contribution in [3.63, 3.8) is 0 Å². The lowest BCUT2D eigenvalue weighted by molar-refractivity contribution is -0.114. The molecule has 0 N–H and O–H groups in total. The van der Waals surface area contributed by atoms with E-state index in [9.17, 15) is 4.79 Å². The minimum absolute atomic E-state index is 0. The molecule has 0 aliphatic rings. The summed E-state index contributed by atoms with van der Waals surface area (Å²) in [6, 6.07) is 11.8. The van der Waals surface area contributed by atoms with Crippen molar-refractivity contribution < 1.29 is 14.3 Å². The Morgan fingerprint density at radius 3 is 2.69 bits per heavy atom. The molecule has 4 rings (SSSR count). The van der Waals surface area contributed by atoms with Gasteiger partial charge >= 0.3 is 0 Å². The molecular formula is C26H29ClN4O3S. The fourth-order valence-electron chi connectivity index (χ4n) is 3.64. The summed E-state index contributed by atoms with van der Waals surface area (Å²) in [6.07, 6.45) is 10.6. The number of benzene rings is 2. The van der Waals surface area contributed by atoms with Crippen molar-refractivity contribution in [1.82, 2.24) is 14.5 Å². The second kappa shape index (κ2) is 12.4. The second-order valence-electron chi connectivity index (χ2n) is 7.74. The molecule has 4 aromatic rings. The Kier molecular flexibility index (Phi) is 9.28. The molecule has 0 saturated heterocycles. The van der Waals surface area contributed by atoms with Crippen LogP contribution in [0.4, 0.5) is 5.13 Å². The smallest absolute Gasteiger partial charge is 0.252 e. The number of anilines is 1. The number of ether oxygens (including phenoxy) is 2. The molecule has 0 aliphatic carbocycles. The number of carbonyl (C=O) groups is 1. The van der Waals surface area contributed by atoms with Crippen LogP contribution in [0, 0.1) is 0 Å². The van der Waals surface area contributed by atoms with Gasteiger partial charge in [-0.15, -0.1) is 12.4 Å². The monoisotopic (exact) mass is 512 g/mol. The fraction of sp³-hybridized carbons (Fsp3) is 0.269. The largest absolute Gasteiger partial charge is 0.493 e. The number of methoxy groups -OCH3 is 2. The summed E-state index contributed by atoms with van der Waals surface area (Å²) in [5.41, 5.74) is 3.02. The predicted molar refractivity (Wildman–Crippen MR) is 144 cm³/mol. The van der Waals surface area contributed by atoms with Crippen LogP contribution in [0.3, 0.4) is 0 Å². The van der Waals surface area contributed by atoms with Gasteiger partial charge in [0.1, 0.15) is 0 Å². The average molecular weight is 513 g/mol. The van der Waals surface area contributed by atoms with E-state index < -0.39 is 0 Å². The number of thiazole rings is 1. The van der Waals surface area contributed by atoms with Crippen molar-refractivity contribution in [3.8, 4) is 11.5 Å². The van der Waals surface area contributed by atoms with Gasteiger partial charge < -0.3 is 14.0 Å². The summed E-state index contributed by atoms with van der Waals surface area (Å²) in [7, 11) is 3.19. The fourth-order valence-corrected chi connectivity index (χ4v) is 4.70. The highest BCUT2D eigenvalue weighted by atomic mass is 35.5. The number of imidazole rings is 1. The second-order valence-corrected chi connectivity index (χ2v) is 8.75. The molecule has 0 bridgehead atoms. The molecule has 7 nitrogen and oxygen atoms in total. The van der Waals surface area contributed by atoms with E-state index in [1.165, 1.54) is 5.56 Å². The van der Waals surface area contributed by atoms with E-state index in [1.807, 2.05) is 35.0 Å². The number of halogens is 1. The highest BCUT2D eigenvalue weighted by Crippen LogP contribution is 2.31. The Labute approximate surface area is 215 Å². The van der Waals surface area contributed by atoms with Gasteiger partial charge in [0.2, 0.25) is 0 Å². The van der Waals surface area contributed by atoms with Gasteiger partial charge in [-0.1, -0.05) is 30.4 Å². The minimum Gasteiger partial charge on any atom is -0.493 e. The van der Waals surface area contributed by atoms with Gasteiger partial charge in [-0.2, -0.15) is 0 Å². The Balaban J connectivity index is 0.00000342. The van der Waals surface area contributed by atoms with Crippen molar-refractivity contribution in [1.29, 1.82) is 0 Å². The molecule has 2 aromatic carbocycles. The number of aryl methyl sites for hydroxylation is 2. The molecule has 0 spiro atoms.